The molecule has 0 bridgehead atoms. The van der Waals surface area contributed by atoms with Crippen LogP contribution in [-0.2, 0) is 0 Å². The van der Waals surface area contributed by atoms with Gasteiger partial charge >= 0.3 is 0 Å². The van der Waals surface area contributed by atoms with Crippen molar-refractivity contribution in [2.45, 2.75) is 12.5 Å². The van der Waals surface area contributed by atoms with Crippen LogP contribution in [-0.4, -0.2) is 35.0 Å². The summed E-state index contributed by atoms with van der Waals surface area (Å²) in [6.45, 7) is 1.28. The summed E-state index contributed by atoms with van der Waals surface area (Å²) >= 11 is 5.94. The summed E-state index contributed by atoms with van der Waals surface area (Å²) in [6, 6.07) is 10.9. The fourth-order valence-corrected chi connectivity index (χ4v) is 2.59. The summed E-state index contributed by atoms with van der Waals surface area (Å²) in [5.74, 6) is 0.739. The molecule has 1 aromatic heterocycles. The highest BCUT2D eigenvalue weighted by atomic mass is 35.5. The number of aromatic nitrogens is 1. The summed E-state index contributed by atoms with van der Waals surface area (Å²) < 4.78 is 5.88. The van der Waals surface area contributed by atoms with Crippen molar-refractivity contribution in [3.63, 3.8) is 0 Å². The minimum atomic E-state index is 0.000272. The van der Waals surface area contributed by atoms with E-state index in [9.17, 15) is 4.79 Å². The quantitative estimate of drug-likeness (QED) is 0.875. The van der Waals surface area contributed by atoms with Gasteiger partial charge in [-0.15, -0.1) is 0 Å². The van der Waals surface area contributed by atoms with Crippen LogP contribution >= 0.6 is 11.6 Å². The van der Waals surface area contributed by atoms with E-state index in [-0.39, 0.29) is 12.0 Å². The van der Waals surface area contributed by atoms with Gasteiger partial charge in [0, 0.05) is 30.4 Å². The van der Waals surface area contributed by atoms with Crippen LogP contribution in [0.2, 0.25) is 5.02 Å². The molecule has 3 rings (SSSR count). The molecule has 5 heteroatoms. The zero-order valence-electron chi connectivity index (χ0n) is 11.4. The summed E-state index contributed by atoms with van der Waals surface area (Å²) in [7, 11) is 0. The molecule has 1 amide bonds. The summed E-state index contributed by atoms with van der Waals surface area (Å²) in [6.07, 6.45) is 4.07. The number of halogens is 1. The average Bonchev–Trinajstić information content (AvgIpc) is 2.96. The molecule has 4 nitrogen and oxygen atoms in total. The van der Waals surface area contributed by atoms with Crippen molar-refractivity contribution in [1.82, 2.24) is 9.88 Å². The molecule has 1 atom stereocenters. The van der Waals surface area contributed by atoms with Crippen molar-refractivity contribution in [3.8, 4) is 5.75 Å². The van der Waals surface area contributed by atoms with Gasteiger partial charge in [0.2, 0.25) is 0 Å². The standard InChI is InChI=1S/C16H15ClN2O2/c17-13-4-1-5-14(9-13)21-15-6-8-19(11-15)16(20)12-3-2-7-18-10-12/h1-5,7,9-10,15H,6,8,11H2. The molecule has 2 heterocycles. The number of carbonyl (C=O) groups excluding carboxylic acids is 1. The first-order valence-electron chi connectivity index (χ1n) is 6.84. The van der Waals surface area contributed by atoms with E-state index < -0.39 is 0 Å². The van der Waals surface area contributed by atoms with Gasteiger partial charge in [0.25, 0.3) is 5.91 Å². The predicted molar refractivity (Wildman–Crippen MR) is 80.6 cm³/mol. The zero-order chi connectivity index (χ0) is 14.7. The third-order valence-electron chi connectivity index (χ3n) is 3.44. The number of ether oxygens (including phenoxy) is 1. The normalized spacial score (nSPS) is 17.8. The Morgan fingerprint density at radius 1 is 1.33 bits per heavy atom. The Bertz CT molecular complexity index is 633. The number of hydrogen-bond donors (Lipinski definition) is 0. The van der Waals surface area contributed by atoms with Gasteiger partial charge in [0.05, 0.1) is 12.1 Å². The van der Waals surface area contributed by atoms with E-state index in [1.807, 2.05) is 12.1 Å². The van der Waals surface area contributed by atoms with Gasteiger partial charge in [-0.1, -0.05) is 17.7 Å². The van der Waals surface area contributed by atoms with Crippen LogP contribution in [0.1, 0.15) is 16.8 Å². The average molecular weight is 303 g/mol. The van der Waals surface area contributed by atoms with Gasteiger partial charge in [-0.3, -0.25) is 9.78 Å². The third-order valence-corrected chi connectivity index (χ3v) is 3.67. The Labute approximate surface area is 128 Å². The van der Waals surface area contributed by atoms with E-state index in [1.165, 1.54) is 0 Å². The smallest absolute Gasteiger partial charge is 0.255 e. The number of pyridine rings is 1. The monoisotopic (exact) mass is 302 g/mol. The highest BCUT2D eigenvalue weighted by Crippen LogP contribution is 2.22. The number of amides is 1. The fourth-order valence-electron chi connectivity index (χ4n) is 2.41. The molecule has 0 aliphatic carbocycles. The van der Waals surface area contributed by atoms with Crippen LogP contribution in [0.4, 0.5) is 0 Å². The molecule has 1 aromatic carbocycles. The molecular formula is C16H15ClN2O2. The van der Waals surface area contributed by atoms with Crippen LogP contribution < -0.4 is 4.74 Å². The predicted octanol–water partition coefficient (Wildman–Crippen LogP) is 3.03. The van der Waals surface area contributed by atoms with Gasteiger partial charge in [-0.05, 0) is 30.3 Å². The Hall–Kier alpha value is -2.07. The van der Waals surface area contributed by atoms with Crippen LogP contribution in [0.25, 0.3) is 0 Å². The Morgan fingerprint density at radius 3 is 3.00 bits per heavy atom. The highest BCUT2D eigenvalue weighted by Gasteiger charge is 2.28. The van der Waals surface area contributed by atoms with Crippen molar-refractivity contribution in [2.24, 2.45) is 0 Å². The fraction of sp³-hybridized carbons (Fsp3) is 0.250. The van der Waals surface area contributed by atoms with Gasteiger partial charge in [-0.2, -0.15) is 0 Å². The number of likely N-dealkylation sites (tertiary alicyclic amines) is 1. The number of nitrogens with zero attached hydrogens (tertiary/aromatic N) is 2. The molecule has 1 aliphatic heterocycles. The number of carbonyl (C=O) groups is 1. The number of rotatable bonds is 3. The van der Waals surface area contributed by atoms with Crippen molar-refractivity contribution >= 4 is 17.5 Å². The lowest BCUT2D eigenvalue weighted by Gasteiger charge is -2.17. The van der Waals surface area contributed by atoms with E-state index in [4.69, 9.17) is 16.3 Å². The van der Waals surface area contributed by atoms with Crippen LogP contribution in [0.5, 0.6) is 5.75 Å². The van der Waals surface area contributed by atoms with Crippen LogP contribution in [0, 0.1) is 0 Å². The Morgan fingerprint density at radius 2 is 2.24 bits per heavy atom. The van der Waals surface area contributed by atoms with Crippen molar-refractivity contribution in [3.05, 3.63) is 59.4 Å². The second kappa shape index (κ2) is 6.14. The molecule has 0 N–H and O–H groups in total. The van der Waals surface area contributed by atoms with E-state index in [2.05, 4.69) is 4.98 Å². The first-order valence-corrected chi connectivity index (χ1v) is 7.22. The van der Waals surface area contributed by atoms with E-state index in [0.717, 1.165) is 12.2 Å². The lowest BCUT2D eigenvalue weighted by atomic mass is 10.2. The number of benzene rings is 1. The van der Waals surface area contributed by atoms with Gasteiger partial charge in [0.1, 0.15) is 11.9 Å². The molecule has 2 aromatic rings. The van der Waals surface area contributed by atoms with Crippen LogP contribution in [0.15, 0.2) is 48.8 Å². The van der Waals surface area contributed by atoms with Crippen molar-refractivity contribution in [1.29, 1.82) is 0 Å². The lowest BCUT2D eigenvalue weighted by molar-refractivity contribution is 0.0772. The largest absolute Gasteiger partial charge is 0.488 e. The molecule has 108 valence electrons. The SMILES string of the molecule is O=C(c1cccnc1)N1CCC(Oc2cccc(Cl)c2)C1. The third kappa shape index (κ3) is 3.34. The van der Waals surface area contributed by atoms with Gasteiger partial charge in [0.15, 0.2) is 0 Å². The van der Waals surface area contributed by atoms with Gasteiger partial charge < -0.3 is 9.64 Å². The second-order valence-electron chi connectivity index (χ2n) is 4.98. The second-order valence-corrected chi connectivity index (χ2v) is 5.42. The molecule has 0 spiro atoms. The molecule has 1 fully saturated rings. The maximum absolute atomic E-state index is 12.3. The van der Waals surface area contributed by atoms with E-state index >= 15 is 0 Å². The lowest BCUT2D eigenvalue weighted by Crippen LogP contribution is -2.30. The Balaban J connectivity index is 1.62. The maximum Gasteiger partial charge on any atom is 0.255 e. The van der Waals surface area contributed by atoms with E-state index in [1.54, 1.807) is 41.6 Å². The van der Waals surface area contributed by atoms with Crippen LogP contribution in [0.3, 0.4) is 0 Å². The zero-order valence-corrected chi connectivity index (χ0v) is 12.2. The molecule has 1 unspecified atom stereocenters. The highest BCUT2D eigenvalue weighted by molar-refractivity contribution is 6.30. The summed E-state index contributed by atoms with van der Waals surface area (Å²) in [5, 5.41) is 0.647. The summed E-state index contributed by atoms with van der Waals surface area (Å²) in [5.41, 5.74) is 0.612. The van der Waals surface area contributed by atoms with Gasteiger partial charge in [-0.25, -0.2) is 0 Å². The molecule has 1 aliphatic rings. The van der Waals surface area contributed by atoms with Crippen molar-refractivity contribution < 1.29 is 9.53 Å². The molecule has 21 heavy (non-hydrogen) atoms. The minimum absolute atomic E-state index is 0.000272. The molecule has 1 saturated heterocycles. The topological polar surface area (TPSA) is 42.4 Å². The molecule has 0 saturated carbocycles. The molecular weight excluding hydrogens is 288 g/mol. The first kappa shape index (κ1) is 13.9. The summed E-state index contributed by atoms with van der Waals surface area (Å²) in [4.78, 5) is 18.1. The maximum atomic E-state index is 12.3. The number of hydrogen-bond acceptors (Lipinski definition) is 3. The molecule has 0 radical (unpaired) electrons. The van der Waals surface area contributed by atoms with E-state index in [0.29, 0.717) is 23.7 Å². The Kier molecular flexibility index (Phi) is 4.06. The minimum Gasteiger partial charge on any atom is -0.488 e. The van der Waals surface area contributed by atoms with Crippen molar-refractivity contribution in [2.75, 3.05) is 13.1 Å². The first-order chi connectivity index (χ1) is 10.2.